The van der Waals surface area contributed by atoms with Crippen LogP contribution in [0.5, 0.6) is 0 Å². The van der Waals surface area contributed by atoms with E-state index in [0.29, 0.717) is 0 Å². The van der Waals surface area contributed by atoms with Gasteiger partial charge in [-0.05, 0) is 25.0 Å². The molecule has 1 saturated carbocycles. The Balaban J connectivity index is 2.01. The third-order valence-corrected chi connectivity index (χ3v) is 5.19. The van der Waals surface area contributed by atoms with Crippen LogP contribution < -0.4 is 16.1 Å². The fraction of sp³-hybridized carbons (Fsp3) is 0.450. The van der Waals surface area contributed by atoms with Gasteiger partial charge >= 0.3 is 6.18 Å². The maximum absolute atomic E-state index is 13.5. The van der Waals surface area contributed by atoms with E-state index in [9.17, 15) is 27.6 Å². The summed E-state index contributed by atoms with van der Waals surface area (Å²) in [4.78, 5) is 37.6. The number of furan rings is 1. The maximum atomic E-state index is 13.5. The minimum atomic E-state index is -4.84. The Hall–Kier alpha value is -3.04. The van der Waals surface area contributed by atoms with Gasteiger partial charge in [0, 0.05) is 25.5 Å². The molecular weight excluding hydrogens is 403 g/mol. The number of carbonyl (C=O) groups excluding carboxylic acids is 2. The number of nitrogens with one attached hydrogen (secondary N) is 2. The molecule has 2 heterocycles. The van der Waals surface area contributed by atoms with Gasteiger partial charge in [-0.3, -0.25) is 14.4 Å². The monoisotopic (exact) mass is 425 g/mol. The number of alkyl halides is 3. The highest BCUT2D eigenvalue weighted by Crippen LogP contribution is 2.33. The average Bonchev–Trinajstić information content (AvgIpc) is 3.25. The topological polar surface area (TPSA) is 93.3 Å². The van der Waals surface area contributed by atoms with Crippen molar-refractivity contribution in [3.8, 4) is 0 Å². The van der Waals surface area contributed by atoms with Crippen molar-refractivity contribution in [2.45, 2.75) is 50.4 Å². The molecule has 2 aromatic rings. The van der Waals surface area contributed by atoms with Crippen molar-refractivity contribution >= 4 is 11.8 Å². The van der Waals surface area contributed by atoms with Gasteiger partial charge in [0.2, 0.25) is 5.43 Å². The molecule has 0 aromatic carbocycles. The summed E-state index contributed by atoms with van der Waals surface area (Å²) in [5.41, 5.74) is -1.75. The molecule has 10 heteroatoms. The molecule has 1 atom stereocenters. The van der Waals surface area contributed by atoms with Crippen LogP contribution in [0.4, 0.5) is 13.2 Å². The zero-order chi connectivity index (χ0) is 21.9. The Morgan fingerprint density at radius 2 is 1.77 bits per heavy atom. The van der Waals surface area contributed by atoms with Crippen LogP contribution in [0.1, 0.15) is 70.7 Å². The van der Waals surface area contributed by atoms with Crippen molar-refractivity contribution in [2.75, 3.05) is 7.05 Å². The molecule has 1 fully saturated rings. The number of pyridine rings is 1. The number of aromatic nitrogens is 1. The van der Waals surface area contributed by atoms with E-state index in [1.54, 1.807) is 4.57 Å². The summed E-state index contributed by atoms with van der Waals surface area (Å²) in [7, 11) is 1.33. The number of nitrogens with zero attached hydrogens (tertiary/aromatic N) is 1. The predicted octanol–water partition coefficient (Wildman–Crippen LogP) is 3.34. The number of rotatable bonds is 5. The molecule has 30 heavy (non-hydrogen) atoms. The quantitative estimate of drug-likeness (QED) is 0.769. The fourth-order valence-electron chi connectivity index (χ4n) is 3.62. The summed E-state index contributed by atoms with van der Waals surface area (Å²) >= 11 is 0. The number of halogens is 3. The SMILES string of the molecule is CNC(=O)c1cn(C2CCCCC2)cc(C(=O)N[C@@H](c2ccco2)C(F)(F)F)c1=O. The first-order valence-corrected chi connectivity index (χ1v) is 9.61. The third kappa shape index (κ3) is 4.58. The highest BCUT2D eigenvalue weighted by atomic mass is 19.4. The molecule has 1 aliphatic rings. The van der Waals surface area contributed by atoms with Crippen molar-refractivity contribution in [2.24, 2.45) is 0 Å². The Kier molecular flexibility index (Phi) is 6.33. The fourth-order valence-corrected chi connectivity index (χ4v) is 3.62. The summed E-state index contributed by atoms with van der Waals surface area (Å²) < 4.78 is 46.8. The highest BCUT2D eigenvalue weighted by Gasteiger charge is 2.44. The second-order valence-electron chi connectivity index (χ2n) is 7.20. The number of hydrogen-bond donors (Lipinski definition) is 2. The first kappa shape index (κ1) is 21.7. The molecule has 3 rings (SSSR count). The van der Waals surface area contributed by atoms with Crippen LogP contribution in [0, 0.1) is 0 Å². The normalized spacial score (nSPS) is 16.1. The lowest BCUT2D eigenvalue weighted by Crippen LogP contribution is -2.41. The van der Waals surface area contributed by atoms with Crippen LogP contribution in [0.2, 0.25) is 0 Å². The Morgan fingerprint density at radius 3 is 2.30 bits per heavy atom. The Bertz CT molecular complexity index is 961. The lowest BCUT2D eigenvalue weighted by atomic mass is 9.95. The molecule has 2 aromatic heterocycles. The Morgan fingerprint density at radius 1 is 1.13 bits per heavy atom. The molecule has 2 amide bonds. The van der Waals surface area contributed by atoms with Crippen LogP contribution in [0.15, 0.2) is 40.0 Å². The number of carbonyl (C=O) groups is 2. The molecule has 0 unspecified atom stereocenters. The molecule has 7 nitrogen and oxygen atoms in total. The van der Waals surface area contributed by atoms with Gasteiger partial charge in [-0.1, -0.05) is 19.3 Å². The van der Waals surface area contributed by atoms with E-state index in [-0.39, 0.29) is 11.6 Å². The molecule has 162 valence electrons. The predicted molar refractivity (Wildman–Crippen MR) is 101 cm³/mol. The summed E-state index contributed by atoms with van der Waals surface area (Å²) in [6.45, 7) is 0. The smallest absolute Gasteiger partial charge is 0.415 e. The van der Waals surface area contributed by atoms with Crippen LogP contribution in [0.25, 0.3) is 0 Å². The summed E-state index contributed by atoms with van der Waals surface area (Å²) in [6.07, 6.45) is 3.34. The van der Waals surface area contributed by atoms with Gasteiger partial charge < -0.3 is 19.6 Å². The van der Waals surface area contributed by atoms with Crippen molar-refractivity contribution in [1.29, 1.82) is 0 Å². The van der Waals surface area contributed by atoms with Gasteiger partial charge in [-0.2, -0.15) is 13.2 Å². The largest absolute Gasteiger partial charge is 0.467 e. The van der Waals surface area contributed by atoms with Gasteiger partial charge in [0.05, 0.1) is 6.26 Å². The molecule has 0 spiro atoms. The van der Waals surface area contributed by atoms with Crippen LogP contribution in [0.3, 0.4) is 0 Å². The molecule has 0 saturated heterocycles. The maximum Gasteiger partial charge on any atom is 0.415 e. The van der Waals surface area contributed by atoms with E-state index in [1.807, 2.05) is 5.32 Å². The van der Waals surface area contributed by atoms with Gasteiger partial charge in [0.15, 0.2) is 6.04 Å². The van der Waals surface area contributed by atoms with Gasteiger partial charge in [-0.25, -0.2) is 0 Å². The second kappa shape index (κ2) is 8.76. The highest BCUT2D eigenvalue weighted by molar-refractivity contribution is 5.99. The van der Waals surface area contributed by atoms with Crippen LogP contribution in [-0.2, 0) is 0 Å². The summed E-state index contributed by atoms with van der Waals surface area (Å²) in [5, 5.41) is 4.15. The van der Waals surface area contributed by atoms with Crippen LogP contribution in [-0.4, -0.2) is 29.6 Å². The van der Waals surface area contributed by atoms with E-state index in [0.717, 1.165) is 44.4 Å². The van der Waals surface area contributed by atoms with Crippen molar-refractivity contribution in [1.82, 2.24) is 15.2 Å². The molecule has 1 aliphatic carbocycles. The second-order valence-corrected chi connectivity index (χ2v) is 7.20. The van der Waals surface area contributed by atoms with Gasteiger partial charge in [-0.15, -0.1) is 0 Å². The molecular formula is C20H22F3N3O4. The lowest BCUT2D eigenvalue weighted by molar-refractivity contribution is -0.159. The molecule has 0 bridgehead atoms. The van der Waals surface area contributed by atoms with Gasteiger partial charge in [0.25, 0.3) is 11.8 Å². The molecule has 0 radical (unpaired) electrons. The van der Waals surface area contributed by atoms with Crippen molar-refractivity contribution in [3.63, 3.8) is 0 Å². The van der Waals surface area contributed by atoms with E-state index in [4.69, 9.17) is 4.42 Å². The van der Waals surface area contributed by atoms with E-state index < -0.39 is 40.8 Å². The number of amides is 2. The number of hydrogen-bond acceptors (Lipinski definition) is 4. The van der Waals surface area contributed by atoms with E-state index in [1.165, 1.54) is 25.5 Å². The van der Waals surface area contributed by atoms with Gasteiger partial charge in [0.1, 0.15) is 16.9 Å². The molecule has 0 aliphatic heterocycles. The zero-order valence-corrected chi connectivity index (χ0v) is 16.3. The summed E-state index contributed by atoms with van der Waals surface area (Å²) in [6, 6.07) is -0.119. The zero-order valence-electron chi connectivity index (χ0n) is 16.3. The van der Waals surface area contributed by atoms with E-state index in [2.05, 4.69) is 5.32 Å². The standard InChI is InChI=1S/C20H22F3N3O4/c1-24-18(28)13-10-26(12-6-3-2-4-7-12)11-14(16(13)27)19(29)25-17(20(21,22)23)15-8-5-9-30-15/h5,8-12,17H,2-4,6-7H2,1H3,(H,24,28)(H,25,29)/t17-/m0/s1. The Labute approximate surface area is 170 Å². The van der Waals surface area contributed by atoms with Crippen molar-refractivity contribution in [3.05, 3.63) is 57.9 Å². The minimum Gasteiger partial charge on any atom is -0.467 e. The van der Waals surface area contributed by atoms with E-state index >= 15 is 0 Å². The summed E-state index contributed by atoms with van der Waals surface area (Å²) in [5.74, 6) is -2.45. The lowest BCUT2D eigenvalue weighted by Gasteiger charge is -2.26. The third-order valence-electron chi connectivity index (χ3n) is 5.19. The molecule has 2 N–H and O–H groups in total. The first-order chi connectivity index (χ1) is 14.2. The average molecular weight is 425 g/mol. The van der Waals surface area contributed by atoms with Crippen LogP contribution >= 0.6 is 0 Å². The minimum absolute atomic E-state index is 0.0437. The first-order valence-electron chi connectivity index (χ1n) is 9.61. The van der Waals surface area contributed by atoms with Crippen molar-refractivity contribution < 1.29 is 27.2 Å².